The molecule has 2 aliphatic rings. The fraction of sp³-hybridized carbons (Fsp3) is 0.333. The molecule has 2 heterocycles. The fourth-order valence-electron chi connectivity index (χ4n) is 4.46. The zero-order valence-corrected chi connectivity index (χ0v) is 19.5. The predicted molar refractivity (Wildman–Crippen MR) is 128 cm³/mol. The molecule has 0 aliphatic carbocycles. The summed E-state index contributed by atoms with van der Waals surface area (Å²) in [6, 6.07) is 11.8. The van der Waals surface area contributed by atoms with Crippen LogP contribution in [0, 0.1) is 0 Å². The Bertz CT molecular complexity index is 1120. The first kappa shape index (κ1) is 23.6. The monoisotopic (exact) mass is 463 g/mol. The summed E-state index contributed by atoms with van der Waals surface area (Å²) in [4.78, 5) is 27.6. The number of methoxy groups -OCH3 is 1. The average molecular weight is 464 g/mol. The number of Topliss-reactive ketones (excluding diaryl/α,β-unsaturated/α-hetero) is 1. The first-order valence-electron chi connectivity index (χ1n) is 11.4. The number of hydrogen-bond acceptors (Lipinski definition) is 6. The molecule has 2 aromatic carbocycles. The van der Waals surface area contributed by atoms with Crippen LogP contribution in [-0.2, 0) is 20.7 Å². The zero-order valence-electron chi connectivity index (χ0n) is 19.5. The Balaban J connectivity index is 1.75. The molecule has 1 amide bonds. The normalized spacial score (nSPS) is 20.8. The van der Waals surface area contributed by atoms with Crippen molar-refractivity contribution in [3.05, 3.63) is 77.4 Å². The van der Waals surface area contributed by atoms with Crippen molar-refractivity contribution in [2.24, 2.45) is 0 Å². The van der Waals surface area contributed by atoms with Gasteiger partial charge in [-0.15, -0.1) is 0 Å². The van der Waals surface area contributed by atoms with Crippen LogP contribution in [0.1, 0.15) is 36.1 Å². The van der Waals surface area contributed by atoms with Gasteiger partial charge in [0, 0.05) is 32.2 Å². The lowest BCUT2D eigenvalue weighted by Crippen LogP contribution is -2.31. The molecule has 34 heavy (non-hydrogen) atoms. The van der Waals surface area contributed by atoms with Crippen molar-refractivity contribution in [3.63, 3.8) is 0 Å². The summed E-state index contributed by atoms with van der Waals surface area (Å²) in [5.41, 5.74) is 2.24. The van der Waals surface area contributed by atoms with Gasteiger partial charge in [-0.05, 0) is 54.8 Å². The second kappa shape index (κ2) is 10.1. The van der Waals surface area contributed by atoms with Gasteiger partial charge in [-0.2, -0.15) is 0 Å². The lowest BCUT2D eigenvalue weighted by atomic mass is 9.94. The number of aliphatic hydroxyl groups is 1. The lowest BCUT2D eigenvalue weighted by Gasteiger charge is -2.25. The van der Waals surface area contributed by atoms with Crippen LogP contribution in [0.25, 0.3) is 5.76 Å². The van der Waals surface area contributed by atoms with Crippen LogP contribution in [0.4, 0.5) is 0 Å². The minimum atomic E-state index is -0.714. The third kappa shape index (κ3) is 4.56. The third-order valence-electron chi connectivity index (χ3n) is 6.02. The Kier molecular flexibility index (Phi) is 7.03. The lowest BCUT2D eigenvalue weighted by molar-refractivity contribution is -0.140. The Morgan fingerprint density at radius 3 is 2.71 bits per heavy atom. The van der Waals surface area contributed by atoms with Gasteiger partial charge >= 0.3 is 0 Å². The highest BCUT2D eigenvalue weighted by molar-refractivity contribution is 6.46. The molecule has 4 rings (SSSR count). The molecule has 2 atom stereocenters. The summed E-state index contributed by atoms with van der Waals surface area (Å²) >= 11 is 0. The summed E-state index contributed by atoms with van der Waals surface area (Å²) in [5.74, 6) is -0.0971. The molecule has 0 saturated carbocycles. The molecule has 7 heteroatoms. The Morgan fingerprint density at radius 1 is 1.24 bits per heavy atom. The maximum atomic E-state index is 13.1. The Morgan fingerprint density at radius 2 is 2.00 bits per heavy atom. The van der Waals surface area contributed by atoms with Crippen molar-refractivity contribution in [2.45, 2.75) is 31.9 Å². The quantitative estimate of drug-likeness (QED) is 0.199. The van der Waals surface area contributed by atoms with Crippen molar-refractivity contribution in [1.29, 1.82) is 0 Å². The second-order valence-electron chi connectivity index (χ2n) is 8.46. The molecule has 0 unspecified atom stereocenters. The first-order chi connectivity index (χ1) is 16.4. The first-order valence-corrected chi connectivity index (χ1v) is 11.4. The van der Waals surface area contributed by atoms with Crippen LogP contribution in [-0.4, -0.2) is 54.7 Å². The van der Waals surface area contributed by atoms with Gasteiger partial charge in [0.1, 0.15) is 30.0 Å². The van der Waals surface area contributed by atoms with E-state index in [-0.39, 0.29) is 17.4 Å². The van der Waals surface area contributed by atoms with Crippen molar-refractivity contribution >= 4 is 17.4 Å². The van der Waals surface area contributed by atoms with E-state index >= 15 is 0 Å². The maximum Gasteiger partial charge on any atom is 0.295 e. The number of carbonyl (C=O) groups is 2. The van der Waals surface area contributed by atoms with Gasteiger partial charge in [-0.3, -0.25) is 9.59 Å². The number of ketones is 1. The van der Waals surface area contributed by atoms with Crippen LogP contribution in [0.3, 0.4) is 0 Å². The molecule has 1 N–H and O–H groups in total. The molecule has 0 aromatic heterocycles. The van der Waals surface area contributed by atoms with E-state index in [4.69, 9.17) is 14.2 Å². The van der Waals surface area contributed by atoms with Crippen LogP contribution in [0.2, 0.25) is 0 Å². The summed E-state index contributed by atoms with van der Waals surface area (Å²) < 4.78 is 16.4. The maximum absolute atomic E-state index is 13.1. The molecule has 2 aliphatic heterocycles. The van der Waals surface area contributed by atoms with E-state index in [0.717, 1.165) is 17.7 Å². The molecule has 0 radical (unpaired) electrons. The smallest absolute Gasteiger partial charge is 0.295 e. The van der Waals surface area contributed by atoms with Gasteiger partial charge < -0.3 is 24.2 Å². The summed E-state index contributed by atoms with van der Waals surface area (Å²) in [6.45, 7) is 6.77. The summed E-state index contributed by atoms with van der Waals surface area (Å²) in [7, 11) is 1.59. The highest BCUT2D eigenvalue weighted by Crippen LogP contribution is 2.41. The largest absolute Gasteiger partial charge is 0.507 e. The number of nitrogens with zero attached hydrogens (tertiary/aromatic N) is 1. The highest BCUT2D eigenvalue weighted by atomic mass is 16.5. The molecule has 2 aromatic rings. The predicted octanol–water partition coefficient (Wildman–Crippen LogP) is 4.03. The minimum absolute atomic E-state index is 0.0561. The average Bonchev–Trinajstić information content (AvgIpc) is 3.33. The van der Waals surface area contributed by atoms with Crippen LogP contribution >= 0.6 is 0 Å². The number of ether oxygens (including phenoxy) is 3. The fourth-order valence-corrected chi connectivity index (χ4v) is 4.46. The molecule has 178 valence electrons. The molecule has 7 nitrogen and oxygen atoms in total. The van der Waals surface area contributed by atoms with Gasteiger partial charge in [0.2, 0.25) is 0 Å². The van der Waals surface area contributed by atoms with E-state index in [9.17, 15) is 14.7 Å². The van der Waals surface area contributed by atoms with Gasteiger partial charge in [0.25, 0.3) is 11.7 Å². The number of likely N-dealkylation sites (tertiary alicyclic amines) is 1. The Labute approximate surface area is 199 Å². The molecule has 1 saturated heterocycles. The van der Waals surface area contributed by atoms with E-state index in [1.165, 1.54) is 4.90 Å². The molecule has 1 fully saturated rings. The van der Waals surface area contributed by atoms with Crippen LogP contribution in [0.5, 0.6) is 11.5 Å². The van der Waals surface area contributed by atoms with Gasteiger partial charge in [-0.1, -0.05) is 24.8 Å². The summed E-state index contributed by atoms with van der Waals surface area (Å²) in [6.07, 6.45) is 2.99. The van der Waals surface area contributed by atoms with E-state index in [1.807, 2.05) is 25.1 Å². The number of benzene rings is 2. The van der Waals surface area contributed by atoms with E-state index in [1.54, 1.807) is 37.5 Å². The van der Waals surface area contributed by atoms with Crippen molar-refractivity contribution in [2.75, 3.05) is 26.9 Å². The molecule has 0 bridgehead atoms. The third-order valence-corrected chi connectivity index (χ3v) is 6.02. The zero-order chi connectivity index (χ0) is 24.2. The van der Waals surface area contributed by atoms with Gasteiger partial charge in [0.15, 0.2) is 0 Å². The van der Waals surface area contributed by atoms with Gasteiger partial charge in [-0.25, -0.2) is 0 Å². The highest BCUT2D eigenvalue weighted by Gasteiger charge is 2.45. The van der Waals surface area contributed by atoms with Gasteiger partial charge in [0.05, 0.1) is 11.6 Å². The number of hydrogen-bond donors (Lipinski definition) is 1. The second-order valence-corrected chi connectivity index (χ2v) is 8.46. The number of rotatable bonds is 9. The van der Waals surface area contributed by atoms with Crippen LogP contribution in [0.15, 0.2) is 60.7 Å². The standard InChI is InChI=1S/C27H29NO6/c1-4-13-33-21-9-6-18(7-10-21)24-23(26(30)27(31)28(24)12-5-14-32-3)25(29)19-8-11-22-20(16-19)15-17(2)34-22/h4,6-11,16-17,24,29H,1,5,12-15H2,2-3H3/t17-,24+/m0/s1. The Hall–Kier alpha value is -3.58. The number of amides is 1. The van der Waals surface area contributed by atoms with E-state index < -0.39 is 17.7 Å². The SMILES string of the molecule is C=CCOc1ccc([C@@H]2C(=C(O)c3ccc4c(c3)C[C@H](C)O4)C(=O)C(=O)N2CCCOC)cc1. The van der Waals surface area contributed by atoms with Crippen molar-refractivity contribution in [1.82, 2.24) is 4.90 Å². The molecular weight excluding hydrogens is 434 g/mol. The van der Waals surface area contributed by atoms with Crippen molar-refractivity contribution < 1.29 is 28.9 Å². The number of fused-ring (bicyclic) bond motifs is 1. The summed E-state index contributed by atoms with van der Waals surface area (Å²) in [5, 5.41) is 11.3. The number of carbonyl (C=O) groups excluding carboxylic acids is 2. The van der Waals surface area contributed by atoms with Crippen LogP contribution < -0.4 is 9.47 Å². The topological polar surface area (TPSA) is 85.3 Å². The van der Waals surface area contributed by atoms with Crippen molar-refractivity contribution in [3.8, 4) is 11.5 Å². The molecule has 0 spiro atoms. The minimum Gasteiger partial charge on any atom is -0.507 e. The number of aliphatic hydroxyl groups excluding tert-OH is 1. The van der Waals surface area contributed by atoms with E-state index in [0.29, 0.717) is 43.1 Å². The van der Waals surface area contributed by atoms with E-state index in [2.05, 4.69) is 6.58 Å². The molecular formula is C27H29NO6.